The predicted molar refractivity (Wildman–Crippen MR) is 124 cm³/mol. The summed E-state index contributed by atoms with van der Waals surface area (Å²) in [5.41, 5.74) is 3.08. The van der Waals surface area contributed by atoms with Crippen molar-refractivity contribution in [2.24, 2.45) is 5.92 Å². The van der Waals surface area contributed by atoms with E-state index in [9.17, 15) is 9.59 Å². The Hall–Kier alpha value is -3.08. The summed E-state index contributed by atoms with van der Waals surface area (Å²) in [5.74, 6) is 0.758. The van der Waals surface area contributed by atoms with Crippen LogP contribution >= 0.6 is 0 Å². The Morgan fingerprint density at radius 2 is 1.81 bits per heavy atom. The second-order valence-electron chi connectivity index (χ2n) is 8.49. The van der Waals surface area contributed by atoms with Crippen molar-refractivity contribution < 1.29 is 9.59 Å². The van der Waals surface area contributed by atoms with Crippen LogP contribution in [-0.2, 0) is 17.8 Å². The van der Waals surface area contributed by atoms with Crippen LogP contribution in [-0.4, -0.2) is 40.9 Å². The lowest BCUT2D eigenvalue weighted by atomic mass is 9.90. The number of hydrogen-bond donors (Lipinski definition) is 1. The van der Waals surface area contributed by atoms with Gasteiger partial charge in [0, 0.05) is 42.3 Å². The molecule has 1 fully saturated rings. The third kappa shape index (κ3) is 5.16. The van der Waals surface area contributed by atoms with Crippen LogP contribution in [0.25, 0.3) is 10.9 Å². The van der Waals surface area contributed by atoms with Crippen molar-refractivity contribution in [3.63, 3.8) is 0 Å². The summed E-state index contributed by atoms with van der Waals surface area (Å²) in [4.78, 5) is 27.1. The fraction of sp³-hybridized carbons (Fsp3) is 0.385. The molecule has 4 rings (SSSR count). The molecule has 0 saturated carbocycles. The third-order valence-electron chi connectivity index (χ3n) is 6.17. The van der Waals surface area contributed by atoms with Crippen molar-refractivity contribution in [1.82, 2.24) is 14.8 Å². The molecule has 0 aliphatic carbocycles. The van der Waals surface area contributed by atoms with Gasteiger partial charge in [0.05, 0.1) is 0 Å². The number of amides is 2. The van der Waals surface area contributed by atoms with Crippen molar-refractivity contribution in [2.45, 2.75) is 39.2 Å². The Labute approximate surface area is 184 Å². The highest BCUT2D eigenvalue weighted by Crippen LogP contribution is 2.24. The number of aromatic nitrogens is 1. The van der Waals surface area contributed by atoms with Crippen LogP contribution in [0.2, 0.25) is 0 Å². The van der Waals surface area contributed by atoms with Crippen molar-refractivity contribution >= 4 is 22.7 Å². The van der Waals surface area contributed by atoms with E-state index in [4.69, 9.17) is 0 Å². The molecule has 1 N–H and O–H groups in total. The largest absolute Gasteiger partial charge is 0.355 e. The SMILES string of the molecule is CCCNC(=O)Cn1ccc2cc(C(=O)N3CCC(Cc4ccccc4)CC3)ccc21. The first kappa shape index (κ1) is 21.2. The summed E-state index contributed by atoms with van der Waals surface area (Å²) < 4.78 is 1.93. The Balaban J connectivity index is 1.36. The molecule has 2 amide bonds. The molecule has 1 aliphatic heterocycles. The molecule has 1 saturated heterocycles. The molecule has 5 heteroatoms. The molecule has 0 unspecified atom stereocenters. The molecule has 2 aromatic carbocycles. The molecule has 0 radical (unpaired) electrons. The Morgan fingerprint density at radius 3 is 2.55 bits per heavy atom. The van der Waals surface area contributed by atoms with Gasteiger partial charge in [-0.15, -0.1) is 0 Å². The molecular weight excluding hydrogens is 386 g/mol. The summed E-state index contributed by atoms with van der Waals surface area (Å²) in [5, 5.41) is 3.90. The molecule has 0 spiro atoms. The second-order valence-corrected chi connectivity index (χ2v) is 8.49. The lowest BCUT2D eigenvalue weighted by molar-refractivity contribution is -0.121. The number of piperidine rings is 1. The zero-order chi connectivity index (χ0) is 21.6. The van der Waals surface area contributed by atoms with Gasteiger partial charge in [-0.1, -0.05) is 37.3 Å². The van der Waals surface area contributed by atoms with Crippen molar-refractivity contribution in [3.05, 3.63) is 71.9 Å². The predicted octanol–water partition coefficient (Wildman–Crippen LogP) is 4.26. The van der Waals surface area contributed by atoms with E-state index >= 15 is 0 Å². The fourth-order valence-corrected chi connectivity index (χ4v) is 4.42. The zero-order valence-electron chi connectivity index (χ0n) is 18.2. The normalized spacial score (nSPS) is 14.7. The standard InChI is InChI=1S/C26H31N3O2/c1-2-13-27-25(30)19-29-16-12-22-18-23(8-9-24(22)29)26(31)28-14-10-21(11-15-28)17-20-6-4-3-5-7-20/h3-9,12,16,18,21H,2,10-11,13-15,17,19H2,1H3,(H,27,30). The lowest BCUT2D eigenvalue weighted by Crippen LogP contribution is -2.38. The molecule has 0 bridgehead atoms. The minimum atomic E-state index is 0.0119. The van der Waals surface area contributed by atoms with Crippen molar-refractivity contribution in [2.75, 3.05) is 19.6 Å². The molecular formula is C26H31N3O2. The molecule has 2 heterocycles. The molecule has 31 heavy (non-hydrogen) atoms. The quantitative estimate of drug-likeness (QED) is 0.624. The van der Waals surface area contributed by atoms with E-state index in [-0.39, 0.29) is 11.8 Å². The summed E-state index contributed by atoms with van der Waals surface area (Å²) in [6.45, 7) is 4.65. The highest BCUT2D eigenvalue weighted by molar-refractivity contribution is 5.98. The Kier molecular flexibility index (Phi) is 6.70. The van der Waals surface area contributed by atoms with E-state index in [0.29, 0.717) is 19.0 Å². The maximum atomic E-state index is 13.1. The van der Waals surface area contributed by atoms with E-state index in [2.05, 4.69) is 35.6 Å². The zero-order valence-corrected chi connectivity index (χ0v) is 18.2. The third-order valence-corrected chi connectivity index (χ3v) is 6.17. The summed E-state index contributed by atoms with van der Waals surface area (Å²) in [6.07, 6.45) is 6.03. The number of likely N-dealkylation sites (tertiary alicyclic amines) is 1. The van der Waals surface area contributed by atoms with Crippen LogP contribution in [0.15, 0.2) is 60.8 Å². The van der Waals surface area contributed by atoms with Crippen LogP contribution in [0.1, 0.15) is 42.1 Å². The van der Waals surface area contributed by atoms with E-state index in [1.165, 1.54) is 5.56 Å². The van der Waals surface area contributed by atoms with Crippen molar-refractivity contribution in [1.29, 1.82) is 0 Å². The Morgan fingerprint density at radius 1 is 1.03 bits per heavy atom. The highest BCUT2D eigenvalue weighted by Gasteiger charge is 2.24. The topological polar surface area (TPSA) is 54.3 Å². The van der Waals surface area contributed by atoms with Crippen LogP contribution in [0.5, 0.6) is 0 Å². The summed E-state index contributed by atoms with van der Waals surface area (Å²) in [7, 11) is 0. The highest BCUT2D eigenvalue weighted by atomic mass is 16.2. The maximum absolute atomic E-state index is 13.1. The second kappa shape index (κ2) is 9.82. The van der Waals surface area contributed by atoms with Gasteiger partial charge in [0.2, 0.25) is 5.91 Å². The molecule has 5 nitrogen and oxygen atoms in total. The van der Waals surface area contributed by atoms with Crippen LogP contribution in [0.3, 0.4) is 0 Å². The number of carbonyl (C=O) groups excluding carboxylic acids is 2. The average molecular weight is 418 g/mol. The molecule has 1 aliphatic rings. The molecule has 0 atom stereocenters. The summed E-state index contributed by atoms with van der Waals surface area (Å²) in [6, 6.07) is 18.4. The average Bonchev–Trinajstić information content (AvgIpc) is 3.20. The molecule has 3 aromatic rings. The number of rotatable bonds is 7. The Bertz CT molecular complexity index is 1030. The lowest BCUT2D eigenvalue weighted by Gasteiger charge is -2.32. The first-order valence-corrected chi connectivity index (χ1v) is 11.3. The van der Waals surface area contributed by atoms with Gasteiger partial charge >= 0.3 is 0 Å². The maximum Gasteiger partial charge on any atom is 0.253 e. The number of nitrogens with one attached hydrogen (secondary N) is 1. The van der Waals surface area contributed by atoms with Crippen LogP contribution < -0.4 is 5.32 Å². The first-order chi connectivity index (χ1) is 15.1. The first-order valence-electron chi connectivity index (χ1n) is 11.3. The van der Waals surface area contributed by atoms with Gasteiger partial charge in [0.15, 0.2) is 0 Å². The van der Waals surface area contributed by atoms with Gasteiger partial charge in [0.1, 0.15) is 6.54 Å². The van der Waals surface area contributed by atoms with Gasteiger partial charge in [-0.25, -0.2) is 0 Å². The van der Waals surface area contributed by atoms with E-state index in [1.54, 1.807) is 0 Å². The number of carbonyl (C=O) groups is 2. The fourth-order valence-electron chi connectivity index (χ4n) is 4.42. The molecule has 162 valence electrons. The number of nitrogens with zero attached hydrogens (tertiary/aromatic N) is 2. The minimum Gasteiger partial charge on any atom is -0.355 e. The van der Waals surface area contributed by atoms with E-state index in [0.717, 1.165) is 55.2 Å². The number of benzene rings is 2. The summed E-state index contributed by atoms with van der Waals surface area (Å²) >= 11 is 0. The molecule has 1 aromatic heterocycles. The number of fused-ring (bicyclic) bond motifs is 1. The van der Waals surface area contributed by atoms with Crippen molar-refractivity contribution in [3.8, 4) is 0 Å². The van der Waals surface area contributed by atoms with Gasteiger partial charge in [-0.3, -0.25) is 9.59 Å². The van der Waals surface area contributed by atoms with E-state index in [1.807, 2.05) is 46.9 Å². The minimum absolute atomic E-state index is 0.0119. The van der Waals surface area contributed by atoms with Crippen LogP contribution in [0.4, 0.5) is 0 Å². The van der Waals surface area contributed by atoms with Gasteiger partial charge in [0.25, 0.3) is 5.91 Å². The monoisotopic (exact) mass is 417 g/mol. The van der Waals surface area contributed by atoms with Gasteiger partial charge in [-0.05, 0) is 61.4 Å². The number of hydrogen-bond acceptors (Lipinski definition) is 2. The van der Waals surface area contributed by atoms with E-state index < -0.39 is 0 Å². The van der Waals surface area contributed by atoms with Gasteiger partial charge < -0.3 is 14.8 Å². The van der Waals surface area contributed by atoms with Gasteiger partial charge in [-0.2, -0.15) is 0 Å². The smallest absolute Gasteiger partial charge is 0.253 e. The van der Waals surface area contributed by atoms with Crippen LogP contribution in [0, 0.1) is 5.92 Å².